The number of rotatable bonds is 11. The van der Waals surface area contributed by atoms with Crippen molar-refractivity contribution in [3.05, 3.63) is 105 Å². The van der Waals surface area contributed by atoms with Crippen LogP contribution in [-0.4, -0.2) is 22.6 Å². The Morgan fingerprint density at radius 2 is 1.82 bits per heavy atom. The number of aryl methyl sites for hydroxylation is 1. The number of benzene rings is 3. The fraction of sp³-hybridized carbons (Fsp3) is 0.267. The lowest BCUT2D eigenvalue weighted by Gasteiger charge is -2.15. The van der Waals surface area contributed by atoms with Crippen molar-refractivity contribution in [1.29, 1.82) is 0 Å². The molecule has 2 N–H and O–H groups in total. The summed E-state index contributed by atoms with van der Waals surface area (Å²) in [6.07, 6.45) is 4.72. The summed E-state index contributed by atoms with van der Waals surface area (Å²) < 4.78 is 12.9. The van der Waals surface area contributed by atoms with Crippen molar-refractivity contribution in [2.45, 2.75) is 45.4 Å². The number of aromatic nitrogens is 2. The molecule has 206 valence electrons. The van der Waals surface area contributed by atoms with Gasteiger partial charge >= 0.3 is 5.97 Å². The van der Waals surface area contributed by atoms with E-state index in [0.717, 1.165) is 47.6 Å². The summed E-state index contributed by atoms with van der Waals surface area (Å²) in [6, 6.07) is 20.2. The summed E-state index contributed by atoms with van der Waals surface area (Å²) in [5.74, 6) is 1.14. The Hall–Kier alpha value is -3.03. The van der Waals surface area contributed by atoms with Crippen molar-refractivity contribution in [3.8, 4) is 17.0 Å². The van der Waals surface area contributed by atoms with Gasteiger partial charge in [0.05, 0.1) is 29.4 Å². The number of imidazole rings is 1. The molecule has 1 heterocycles. The van der Waals surface area contributed by atoms with Gasteiger partial charge in [-0.15, -0.1) is 12.4 Å². The molecule has 0 aliphatic rings. The Bertz CT molecular complexity index is 1390. The Labute approximate surface area is 245 Å². The van der Waals surface area contributed by atoms with Crippen LogP contribution in [0.3, 0.4) is 0 Å². The third-order valence-electron chi connectivity index (χ3n) is 6.29. The fourth-order valence-corrected chi connectivity index (χ4v) is 4.75. The number of esters is 1. The van der Waals surface area contributed by atoms with Gasteiger partial charge in [-0.25, -0.2) is 9.78 Å². The number of carbonyl (C=O) groups excluding carboxylic acids is 1. The molecular weight excluding hydrogens is 557 g/mol. The highest BCUT2D eigenvalue weighted by molar-refractivity contribution is 6.36. The smallest absolute Gasteiger partial charge is 0.338 e. The van der Waals surface area contributed by atoms with E-state index in [1.807, 2.05) is 54.7 Å². The standard InChI is InChI=1S/C30H31Cl2N3O3.ClH/c1-3-4-15-35-18-28(25-14-11-22(31)17-26(25)32)34-29(35)27(33)16-20-9-12-23(13-10-20)38-19-21-7-5-6-8-24(21)30(36)37-2;/h5-14,17-18,27H,3-4,15-16,19,33H2,1-2H3;1H/t27-;/m0./s1. The predicted molar refractivity (Wildman–Crippen MR) is 159 cm³/mol. The van der Waals surface area contributed by atoms with E-state index >= 15 is 0 Å². The average molecular weight is 589 g/mol. The molecule has 0 bridgehead atoms. The van der Waals surface area contributed by atoms with Crippen molar-refractivity contribution in [3.63, 3.8) is 0 Å². The number of ether oxygens (including phenoxy) is 2. The van der Waals surface area contributed by atoms with Gasteiger partial charge in [0.1, 0.15) is 18.2 Å². The normalized spacial score (nSPS) is 11.5. The van der Waals surface area contributed by atoms with Gasteiger partial charge in [0.2, 0.25) is 0 Å². The average Bonchev–Trinajstić information content (AvgIpc) is 3.35. The molecule has 0 aliphatic carbocycles. The molecule has 1 aromatic heterocycles. The molecule has 0 amide bonds. The van der Waals surface area contributed by atoms with E-state index < -0.39 is 0 Å². The molecule has 4 aromatic rings. The molecule has 0 radical (unpaired) electrons. The first-order valence-electron chi connectivity index (χ1n) is 12.6. The van der Waals surface area contributed by atoms with E-state index in [1.54, 1.807) is 18.2 Å². The van der Waals surface area contributed by atoms with Gasteiger partial charge in [0, 0.05) is 28.9 Å². The van der Waals surface area contributed by atoms with Crippen LogP contribution in [0.25, 0.3) is 11.3 Å². The van der Waals surface area contributed by atoms with Crippen LogP contribution in [-0.2, 0) is 24.3 Å². The van der Waals surface area contributed by atoms with E-state index in [1.165, 1.54) is 7.11 Å². The minimum absolute atomic E-state index is 0. The quantitative estimate of drug-likeness (QED) is 0.182. The van der Waals surface area contributed by atoms with Gasteiger partial charge < -0.3 is 19.8 Å². The predicted octanol–water partition coefficient (Wildman–Crippen LogP) is 7.69. The van der Waals surface area contributed by atoms with Crippen LogP contribution in [0.1, 0.15) is 53.1 Å². The molecule has 4 rings (SSSR count). The molecule has 9 heteroatoms. The molecule has 0 saturated heterocycles. The number of nitrogens with two attached hydrogens (primary N) is 1. The van der Waals surface area contributed by atoms with Gasteiger partial charge in [0.25, 0.3) is 0 Å². The summed E-state index contributed by atoms with van der Waals surface area (Å²) in [4.78, 5) is 16.9. The third kappa shape index (κ3) is 7.76. The lowest BCUT2D eigenvalue weighted by molar-refractivity contribution is 0.0597. The van der Waals surface area contributed by atoms with Crippen LogP contribution in [0.15, 0.2) is 72.9 Å². The maximum Gasteiger partial charge on any atom is 0.338 e. The molecule has 0 fully saturated rings. The van der Waals surface area contributed by atoms with Crippen molar-refractivity contribution >= 4 is 41.6 Å². The maximum atomic E-state index is 12.0. The second-order valence-corrected chi connectivity index (χ2v) is 9.89. The highest BCUT2D eigenvalue weighted by atomic mass is 35.5. The van der Waals surface area contributed by atoms with Crippen LogP contribution in [0.2, 0.25) is 10.0 Å². The maximum absolute atomic E-state index is 12.0. The van der Waals surface area contributed by atoms with E-state index in [-0.39, 0.29) is 31.0 Å². The van der Waals surface area contributed by atoms with Crippen molar-refractivity contribution in [2.75, 3.05) is 7.11 Å². The van der Waals surface area contributed by atoms with Crippen molar-refractivity contribution in [2.24, 2.45) is 5.73 Å². The zero-order valence-corrected chi connectivity index (χ0v) is 24.2. The summed E-state index contributed by atoms with van der Waals surface area (Å²) >= 11 is 12.5. The van der Waals surface area contributed by atoms with E-state index in [2.05, 4.69) is 11.5 Å². The zero-order valence-electron chi connectivity index (χ0n) is 21.9. The number of hydrogen-bond donors (Lipinski definition) is 1. The first-order chi connectivity index (χ1) is 18.4. The number of halogens is 3. The van der Waals surface area contributed by atoms with Crippen LogP contribution >= 0.6 is 35.6 Å². The Balaban J connectivity index is 0.00000420. The molecular formula is C30H32Cl3N3O3. The Morgan fingerprint density at radius 3 is 2.51 bits per heavy atom. The molecule has 39 heavy (non-hydrogen) atoms. The second-order valence-electron chi connectivity index (χ2n) is 9.05. The topological polar surface area (TPSA) is 79.4 Å². The zero-order chi connectivity index (χ0) is 27.1. The van der Waals surface area contributed by atoms with Crippen LogP contribution in [0.5, 0.6) is 5.75 Å². The van der Waals surface area contributed by atoms with E-state index in [0.29, 0.717) is 27.8 Å². The second kappa shape index (κ2) is 14.4. The van der Waals surface area contributed by atoms with Gasteiger partial charge in [-0.3, -0.25) is 0 Å². The summed E-state index contributed by atoms with van der Waals surface area (Å²) in [5, 5.41) is 1.14. The lowest BCUT2D eigenvalue weighted by atomic mass is 10.1. The van der Waals surface area contributed by atoms with Crippen molar-refractivity contribution < 1.29 is 14.3 Å². The van der Waals surface area contributed by atoms with E-state index in [4.69, 9.17) is 43.4 Å². The fourth-order valence-electron chi connectivity index (χ4n) is 4.24. The molecule has 3 aromatic carbocycles. The number of unbranched alkanes of at least 4 members (excludes halogenated alkanes) is 1. The first-order valence-corrected chi connectivity index (χ1v) is 13.3. The van der Waals surface area contributed by atoms with Crippen LogP contribution in [0.4, 0.5) is 0 Å². The van der Waals surface area contributed by atoms with Gasteiger partial charge in [-0.05, 0) is 54.8 Å². The molecule has 0 unspecified atom stereocenters. The van der Waals surface area contributed by atoms with Gasteiger partial charge in [0.15, 0.2) is 0 Å². The highest BCUT2D eigenvalue weighted by Crippen LogP contribution is 2.31. The minimum Gasteiger partial charge on any atom is -0.489 e. The van der Waals surface area contributed by atoms with E-state index in [9.17, 15) is 4.79 Å². The Kier molecular flexibility index (Phi) is 11.3. The number of methoxy groups -OCH3 is 1. The van der Waals surface area contributed by atoms with Gasteiger partial charge in [-0.2, -0.15) is 0 Å². The monoisotopic (exact) mass is 587 g/mol. The summed E-state index contributed by atoms with van der Waals surface area (Å²) in [7, 11) is 1.37. The lowest BCUT2D eigenvalue weighted by Crippen LogP contribution is -2.19. The number of nitrogens with zero attached hydrogens (tertiary/aromatic N) is 2. The molecule has 6 nitrogen and oxygen atoms in total. The number of hydrogen-bond acceptors (Lipinski definition) is 5. The molecule has 0 aliphatic heterocycles. The molecule has 0 spiro atoms. The number of carbonyl (C=O) groups is 1. The third-order valence-corrected chi connectivity index (χ3v) is 6.84. The highest BCUT2D eigenvalue weighted by Gasteiger charge is 2.18. The molecule has 1 atom stereocenters. The largest absolute Gasteiger partial charge is 0.489 e. The SMILES string of the molecule is CCCCn1cc(-c2ccc(Cl)cc2Cl)nc1[C@@H](N)Cc1ccc(OCc2ccccc2C(=O)OC)cc1.Cl. The van der Waals surface area contributed by atoms with Crippen molar-refractivity contribution in [1.82, 2.24) is 9.55 Å². The molecule has 0 saturated carbocycles. The summed E-state index contributed by atoms with van der Waals surface area (Å²) in [6.45, 7) is 3.25. The Morgan fingerprint density at radius 1 is 1.08 bits per heavy atom. The minimum atomic E-state index is -0.382. The van der Waals surface area contributed by atoms with Crippen LogP contribution in [0, 0.1) is 0 Å². The van der Waals surface area contributed by atoms with Crippen LogP contribution < -0.4 is 10.5 Å². The van der Waals surface area contributed by atoms with Gasteiger partial charge in [-0.1, -0.05) is 66.9 Å². The first kappa shape index (κ1) is 30.5. The summed E-state index contributed by atoms with van der Waals surface area (Å²) in [5.41, 5.74) is 10.6.